The molecule has 0 fully saturated rings. The highest BCUT2D eigenvalue weighted by Crippen LogP contribution is 2.45. The number of aryl methyl sites for hydroxylation is 1. The van der Waals surface area contributed by atoms with Crippen LogP contribution in [0, 0.1) is 6.92 Å². The molecule has 0 aliphatic carbocycles. The average molecular weight is 563 g/mol. The number of benzene rings is 3. The first kappa shape index (κ1) is 27.6. The number of hydrogen-bond donors (Lipinski definition) is 1. The van der Waals surface area contributed by atoms with Gasteiger partial charge in [-0.25, -0.2) is 14.8 Å². The fourth-order valence-corrected chi connectivity index (χ4v) is 5.76. The SMILES string of the molecule is Cc1cc2cc(-c3cnc(N(C)C)nc3)ccc2c(-c2ccc3c4c(ccnc24)CCO3)c1[C@H](OC(C)(C)C)C(=O)O. The molecule has 0 saturated heterocycles. The summed E-state index contributed by atoms with van der Waals surface area (Å²) in [5.41, 5.74) is 6.23. The smallest absolute Gasteiger partial charge is 0.337 e. The molecule has 3 heterocycles. The molecule has 42 heavy (non-hydrogen) atoms. The van der Waals surface area contributed by atoms with Crippen molar-refractivity contribution in [2.45, 2.75) is 45.8 Å². The van der Waals surface area contributed by atoms with Crippen LogP contribution in [0.4, 0.5) is 5.95 Å². The van der Waals surface area contributed by atoms with E-state index in [2.05, 4.69) is 16.0 Å². The number of hydrogen-bond acceptors (Lipinski definition) is 7. The maximum Gasteiger partial charge on any atom is 0.337 e. The molecule has 6 rings (SSSR count). The molecule has 1 aliphatic heterocycles. The van der Waals surface area contributed by atoms with E-state index in [0.29, 0.717) is 18.1 Å². The third-order valence-corrected chi connectivity index (χ3v) is 7.55. The monoisotopic (exact) mass is 562 g/mol. The summed E-state index contributed by atoms with van der Waals surface area (Å²) in [5.74, 6) is 0.397. The van der Waals surface area contributed by atoms with Crippen LogP contribution in [0.1, 0.15) is 43.6 Å². The van der Waals surface area contributed by atoms with E-state index in [-0.39, 0.29) is 0 Å². The number of anilines is 1. The molecule has 0 saturated carbocycles. The van der Waals surface area contributed by atoms with Gasteiger partial charge in [-0.3, -0.25) is 4.98 Å². The first-order valence-electron chi connectivity index (χ1n) is 14.0. The number of aromatic nitrogens is 3. The van der Waals surface area contributed by atoms with Crippen molar-refractivity contribution in [1.29, 1.82) is 0 Å². The van der Waals surface area contributed by atoms with Crippen molar-refractivity contribution in [3.05, 3.63) is 77.7 Å². The molecule has 3 aromatic carbocycles. The third-order valence-electron chi connectivity index (χ3n) is 7.55. The first-order chi connectivity index (χ1) is 20.0. The molecule has 0 amide bonds. The van der Waals surface area contributed by atoms with Crippen molar-refractivity contribution >= 4 is 33.6 Å². The summed E-state index contributed by atoms with van der Waals surface area (Å²) in [7, 11) is 3.81. The number of aliphatic carboxylic acids is 1. The summed E-state index contributed by atoms with van der Waals surface area (Å²) in [5, 5.41) is 13.3. The van der Waals surface area contributed by atoms with Crippen molar-refractivity contribution in [3.63, 3.8) is 0 Å². The summed E-state index contributed by atoms with van der Waals surface area (Å²) >= 11 is 0. The highest BCUT2D eigenvalue weighted by molar-refractivity contribution is 6.09. The average Bonchev–Trinajstić information content (AvgIpc) is 2.95. The summed E-state index contributed by atoms with van der Waals surface area (Å²) < 4.78 is 12.2. The lowest BCUT2D eigenvalue weighted by atomic mass is 9.85. The molecule has 214 valence electrons. The second-order valence-corrected chi connectivity index (χ2v) is 11.9. The molecule has 0 unspecified atom stereocenters. The van der Waals surface area contributed by atoms with Crippen LogP contribution in [-0.4, -0.2) is 52.3 Å². The topological polar surface area (TPSA) is 97.7 Å². The number of ether oxygens (including phenoxy) is 2. The number of pyridine rings is 1. The van der Waals surface area contributed by atoms with Gasteiger partial charge in [-0.2, -0.15) is 0 Å². The highest BCUT2D eigenvalue weighted by Gasteiger charge is 2.32. The molecule has 1 aliphatic rings. The van der Waals surface area contributed by atoms with E-state index in [1.165, 1.54) is 5.56 Å². The molecular formula is C34H34N4O4. The van der Waals surface area contributed by atoms with Crippen LogP contribution in [0.5, 0.6) is 5.75 Å². The first-order valence-corrected chi connectivity index (χ1v) is 14.0. The van der Waals surface area contributed by atoms with Gasteiger partial charge in [0.1, 0.15) is 5.75 Å². The van der Waals surface area contributed by atoms with E-state index in [0.717, 1.165) is 61.7 Å². The minimum Gasteiger partial charge on any atom is -0.493 e. The molecule has 5 aromatic rings. The number of nitrogens with zero attached hydrogens (tertiary/aromatic N) is 4. The van der Waals surface area contributed by atoms with Gasteiger partial charge >= 0.3 is 5.97 Å². The molecule has 0 radical (unpaired) electrons. The van der Waals surface area contributed by atoms with Crippen LogP contribution in [0.2, 0.25) is 0 Å². The second kappa shape index (κ2) is 10.4. The summed E-state index contributed by atoms with van der Waals surface area (Å²) in [4.78, 5) is 28.5. The Labute approximate surface area is 245 Å². The van der Waals surface area contributed by atoms with Gasteiger partial charge in [0.2, 0.25) is 5.95 Å². The quantitative estimate of drug-likeness (QED) is 0.242. The minimum absolute atomic E-state index is 0.618. The van der Waals surface area contributed by atoms with Crippen molar-refractivity contribution in [3.8, 4) is 28.0 Å². The van der Waals surface area contributed by atoms with Crippen LogP contribution >= 0.6 is 0 Å². The fourth-order valence-electron chi connectivity index (χ4n) is 5.76. The Morgan fingerprint density at radius 1 is 1.02 bits per heavy atom. The normalized spacial score (nSPS) is 13.7. The minimum atomic E-state index is -1.18. The predicted molar refractivity (Wildman–Crippen MR) is 165 cm³/mol. The maximum atomic E-state index is 12.8. The van der Waals surface area contributed by atoms with E-state index in [1.54, 1.807) is 0 Å². The van der Waals surface area contributed by atoms with E-state index in [1.807, 2.05) is 102 Å². The Hall–Kier alpha value is -4.56. The molecule has 8 heteroatoms. The Morgan fingerprint density at radius 3 is 2.48 bits per heavy atom. The fraction of sp³-hybridized carbons (Fsp3) is 0.294. The molecule has 0 bridgehead atoms. The number of carboxylic acids is 1. The maximum absolute atomic E-state index is 12.8. The zero-order valence-electron chi connectivity index (χ0n) is 24.7. The van der Waals surface area contributed by atoms with Gasteiger partial charge in [-0.1, -0.05) is 18.2 Å². The Kier molecular flexibility index (Phi) is 6.81. The zero-order chi connectivity index (χ0) is 29.8. The van der Waals surface area contributed by atoms with E-state index in [9.17, 15) is 9.90 Å². The van der Waals surface area contributed by atoms with Crippen LogP contribution in [0.25, 0.3) is 43.9 Å². The summed E-state index contributed by atoms with van der Waals surface area (Å²) in [6, 6.07) is 14.2. The van der Waals surface area contributed by atoms with E-state index in [4.69, 9.17) is 14.5 Å². The highest BCUT2D eigenvalue weighted by atomic mass is 16.5. The number of carbonyl (C=O) groups is 1. The van der Waals surface area contributed by atoms with E-state index >= 15 is 0 Å². The molecule has 1 N–H and O–H groups in total. The summed E-state index contributed by atoms with van der Waals surface area (Å²) in [6.45, 7) is 8.18. The van der Waals surface area contributed by atoms with Crippen molar-refractivity contribution in [2.75, 3.05) is 25.6 Å². The van der Waals surface area contributed by atoms with Gasteiger partial charge in [0, 0.05) is 61.2 Å². The lowest BCUT2D eigenvalue weighted by molar-refractivity contribution is -0.160. The van der Waals surface area contributed by atoms with Crippen LogP contribution in [0.3, 0.4) is 0 Å². The van der Waals surface area contributed by atoms with Crippen LogP contribution in [0.15, 0.2) is 61.1 Å². The van der Waals surface area contributed by atoms with Crippen LogP contribution in [-0.2, 0) is 16.0 Å². The Morgan fingerprint density at radius 2 is 1.79 bits per heavy atom. The molecular weight excluding hydrogens is 528 g/mol. The number of carboxylic acid groups (broad SMARTS) is 1. The second-order valence-electron chi connectivity index (χ2n) is 11.9. The van der Waals surface area contributed by atoms with Gasteiger partial charge in [0.25, 0.3) is 0 Å². The predicted octanol–water partition coefficient (Wildman–Crippen LogP) is 6.76. The third kappa shape index (κ3) is 4.92. The van der Waals surface area contributed by atoms with Gasteiger partial charge in [-0.15, -0.1) is 0 Å². The molecule has 8 nitrogen and oxygen atoms in total. The van der Waals surface area contributed by atoms with Gasteiger partial charge in [0.15, 0.2) is 6.10 Å². The largest absolute Gasteiger partial charge is 0.493 e. The van der Waals surface area contributed by atoms with E-state index < -0.39 is 17.7 Å². The van der Waals surface area contributed by atoms with Crippen molar-refractivity contribution < 1.29 is 19.4 Å². The van der Waals surface area contributed by atoms with Crippen molar-refractivity contribution in [1.82, 2.24) is 15.0 Å². The number of rotatable bonds is 6. The lowest BCUT2D eigenvalue weighted by Gasteiger charge is -2.29. The summed E-state index contributed by atoms with van der Waals surface area (Å²) in [6.07, 6.45) is 5.07. The molecule has 1 atom stereocenters. The van der Waals surface area contributed by atoms with Crippen molar-refractivity contribution in [2.24, 2.45) is 0 Å². The van der Waals surface area contributed by atoms with Crippen LogP contribution < -0.4 is 9.64 Å². The zero-order valence-corrected chi connectivity index (χ0v) is 24.7. The van der Waals surface area contributed by atoms with Gasteiger partial charge < -0.3 is 19.5 Å². The van der Waals surface area contributed by atoms with Gasteiger partial charge in [-0.05, 0) is 85.0 Å². The molecule has 2 aromatic heterocycles. The Balaban J connectivity index is 1.65. The molecule has 0 spiro atoms. The lowest BCUT2D eigenvalue weighted by Crippen LogP contribution is -2.28. The standard InChI is InChI=1S/C34H34N4O4/c1-19-15-22-16-21(23-17-36-33(37-18-23)38(5)6)7-8-24(22)29(27(19)31(32(39)40)42-34(2,3)4)25-9-10-26-28-20(12-14-41-26)11-13-35-30(25)28/h7-11,13,15-18,31H,12,14H2,1-6H3,(H,39,40)/t31-/m0/s1. The number of fused-ring (bicyclic) bond motifs is 1. The Bertz CT molecular complexity index is 1830. The van der Waals surface area contributed by atoms with Gasteiger partial charge in [0.05, 0.1) is 17.7 Å².